The van der Waals surface area contributed by atoms with E-state index >= 15 is 0 Å². The Balaban J connectivity index is 1.52. The molecule has 132 valence electrons. The van der Waals surface area contributed by atoms with E-state index in [1.165, 1.54) is 0 Å². The summed E-state index contributed by atoms with van der Waals surface area (Å²) in [4.78, 5) is 8.68. The molecule has 0 unspecified atom stereocenters. The molecule has 0 radical (unpaired) electrons. The van der Waals surface area contributed by atoms with Crippen LogP contribution < -0.4 is 20.1 Å². The fourth-order valence-corrected chi connectivity index (χ4v) is 2.92. The maximum atomic E-state index is 6.18. The van der Waals surface area contributed by atoms with Gasteiger partial charge in [0.25, 0.3) is 0 Å². The van der Waals surface area contributed by atoms with Crippen molar-refractivity contribution in [1.82, 2.24) is 9.97 Å². The van der Waals surface area contributed by atoms with Crippen LogP contribution in [0.5, 0.6) is 11.5 Å². The molecule has 0 aliphatic carbocycles. The van der Waals surface area contributed by atoms with Crippen LogP contribution in [0, 0.1) is 0 Å². The molecule has 3 aromatic rings. The van der Waals surface area contributed by atoms with Crippen molar-refractivity contribution in [2.45, 2.75) is 0 Å². The molecule has 0 bridgehead atoms. The molecule has 0 spiro atoms. The molecule has 0 amide bonds. The molecule has 2 heterocycles. The molecule has 26 heavy (non-hydrogen) atoms. The Hall–Kier alpha value is -2.70. The number of hydrogen-bond donors (Lipinski definition) is 2. The van der Waals surface area contributed by atoms with Crippen molar-refractivity contribution in [1.29, 1.82) is 0 Å². The van der Waals surface area contributed by atoms with E-state index in [2.05, 4.69) is 20.6 Å². The Morgan fingerprint density at radius 2 is 1.73 bits per heavy atom. The summed E-state index contributed by atoms with van der Waals surface area (Å²) in [6, 6.07) is 12.6. The van der Waals surface area contributed by atoms with Gasteiger partial charge in [0.15, 0.2) is 11.5 Å². The first kappa shape index (κ1) is 16.8. The molecule has 0 atom stereocenters. The maximum Gasteiger partial charge on any atom is 0.229 e. The second-order valence-electron chi connectivity index (χ2n) is 5.50. The third kappa shape index (κ3) is 3.76. The predicted molar refractivity (Wildman–Crippen MR) is 102 cm³/mol. The number of nitrogens with one attached hydrogen (secondary N) is 2. The zero-order valence-electron chi connectivity index (χ0n) is 13.5. The molecule has 8 heteroatoms. The van der Waals surface area contributed by atoms with E-state index in [0.29, 0.717) is 46.5 Å². The second-order valence-corrected chi connectivity index (χ2v) is 6.34. The summed E-state index contributed by atoms with van der Waals surface area (Å²) in [6.07, 6.45) is 1.65. The van der Waals surface area contributed by atoms with E-state index in [9.17, 15) is 0 Å². The third-order valence-electron chi connectivity index (χ3n) is 3.65. The number of aromatic nitrogens is 2. The number of fused-ring (bicyclic) bond motifs is 1. The van der Waals surface area contributed by atoms with Crippen LogP contribution in [0.3, 0.4) is 0 Å². The van der Waals surface area contributed by atoms with Gasteiger partial charge in [-0.05, 0) is 36.4 Å². The van der Waals surface area contributed by atoms with Gasteiger partial charge in [0.05, 0.1) is 10.7 Å². The fourth-order valence-electron chi connectivity index (χ4n) is 2.47. The van der Waals surface area contributed by atoms with E-state index in [1.54, 1.807) is 30.5 Å². The van der Waals surface area contributed by atoms with Crippen LogP contribution in [-0.4, -0.2) is 23.2 Å². The normalized spacial score (nSPS) is 12.5. The van der Waals surface area contributed by atoms with E-state index in [4.69, 9.17) is 32.7 Å². The second kappa shape index (κ2) is 7.27. The van der Waals surface area contributed by atoms with Crippen LogP contribution in [-0.2, 0) is 0 Å². The van der Waals surface area contributed by atoms with Crippen molar-refractivity contribution in [3.8, 4) is 11.5 Å². The highest BCUT2D eigenvalue weighted by atomic mass is 35.5. The van der Waals surface area contributed by atoms with Gasteiger partial charge in [0.1, 0.15) is 19.0 Å². The summed E-state index contributed by atoms with van der Waals surface area (Å²) in [5, 5.41) is 7.39. The predicted octanol–water partition coefficient (Wildman–Crippen LogP) is 5.04. The van der Waals surface area contributed by atoms with Crippen molar-refractivity contribution in [3.05, 3.63) is 58.7 Å². The Morgan fingerprint density at radius 1 is 0.885 bits per heavy atom. The van der Waals surface area contributed by atoms with Gasteiger partial charge < -0.3 is 20.1 Å². The largest absolute Gasteiger partial charge is 0.486 e. The minimum Gasteiger partial charge on any atom is -0.486 e. The summed E-state index contributed by atoms with van der Waals surface area (Å²) in [7, 11) is 0. The van der Waals surface area contributed by atoms with Gasteiger partial charge in [-0.1, -0.05) is 23.2 Å². The lowest BCUT2D eigenvalue weighted by atomic mass is 10.2. The Kier molecular flexibility index (Phi) is 4.69. The molecule has 1 aliphatic heterocycles. The van der Waals surface area contributed by atoms with E-state index in [0.717, 1.165) is 11.4 Å². The number of hydrogen-bond acceptors (Lipinski definition) is 6. The van der Waals surface area contributed by atoms with Crippen LogP contribution in [0.4, 0.5) is 23.1 Å². The van der Waals surface area contributed by atoms with Crippen LogP contribution in [0.1, 0.15) is 0 Å². The van der Waals surface area contributed by atoms with Crippen molar-refractivity contribution in [2.75, 3.05) is 23.8 Å². The molecule has 0 saturated heterocycles. The summed E-state index contributed by atoms with van der Waals surface area (Å²) in [5.41, 5.74) is 1.51. The smallest absolute Gasteiger partial charge is 0.229 e. The zero-order chi connectivity index (χ0) is 17.9. The quantitative estimate of drug-likeness (QED) is 0.652. The lowest BCUT2D eigenvalue weighted by molar-refractivity contribution is 0.171. The topological polar surface area (TPSA) is 68.3 Å². The Morgan fingerprint density at radius 3 is 2.58 bits per heavy atom. The van der Waals surface area contributed by atoms with Gasteiger partial charge in [-0.2, -0.15) is 4.98 Å². The molecule has 4 rings (SSSR count). The molecule has 6 nitrogen and oxygen atoms in total. The number of rotatable bonds is 4. The number of halogens is 2. The molecular formula is C18H14Cl2N4O2. The molecule has 1 aromatic heterocycles. The average Bonchev–Trinajstić information content (AvgIpc) is 2.64. The Labute approximate surface area is 160 Å². The minimum atomic E-state index is 0.441. The highest BCUT2D eigenvalue weighted by Gasteiger charge is 2.12. The molecular weight excluding hydrogens is 375 g/mol. The van der Waals surface area contributed by atoms with Crippen LogP contribution in [0.15, 0.2) is 48.7 Å². The minimum absolute atomic E-state index is 0.441. The average molecular weight is 389 g/mol. The fraction of sp³-hybridized carbons (Fsp3) is 0.111. The number of nitrogens with zero attached hydrogens (tertiary/aromatic N) is 2. The maximum absolute atomic E-state index is 6.18. The molecule has 0 fully saturated rings. The van der Waals surface area contributed by atoms with Crippen molar-refractivity contribution >= 4 is 46.3 Å². The van der Waals surface area contributed by atoms with Gasteiger partial charge in [0, 0.05) is 23.0 Å². The monoisotopic (exact) mass is 388 g/mol. The highest BCUT2D eigenvalue weighted by molar-refractivity contribution is 6.36. The summed E-state index contributed by atoms with van der Waals surface area (Å²) in [6.45, 7) is 1.10. The highest BCUT2D eigenvalue weighted by Crippen LogP contribution is 2.33. The summed E-state index contributed by atoms with van der Waals surface area (Å²) in [5.74, 6) is 2.47. The van der Waals surface area contributed by atoms with Crippen LogP contribution >= 0.6 is 23.2 Å². The van der Waals surface area contributed by atoms with Crippen LogP contribution in [0.25, 0.3) is 0 Å². The summed E-state index contributed by atoms with van der Waals surface area (Å²) < 4.78 is 11.1. The van der Waals surface area contributed by atoms with Gasteiger partial charge >= 0.3 is 0 Å². The van der Waals surface area contributed by atoms with Gasteiger partial charge in [0.2, 0.25) is 5.95 Å². The first-order valence-electron chi connectivity index (χ1n) is 7.89. The van der Waals surface area contributed by atoms with Gasteiger partial charge in [-0.3, -0.25) is 0 Å². The van der Waals surface area contributed by atoms with Crippen LogP contribution in [0.2, 0.25) is 10.0 Å². The van der Waals surface area contributed by atoms with E-state index in [-0.39, 0.29) is 0 Å². The number of benzene rings is 2. The van der Waals surface area contributed by atoms with Gasteiger partial charge in [-0.25, -0.2) is 4.98 Å². The lowest BCUT2D eigenvalue weighted by Gasteiger charge is -2.19. The number of ether oxygens (including phenoxy) is 2. The molecule has 2 aromatic carbocycles. The van der Waals surface area contributed by atoms with Crippen molar-refractivity contribution < 1.29 is 9.47 Å². The van der Waals surface area contributed by atoms with E-state index in [1.807, 2.05) is 18.2 Å². The molecule has 1 aliphatic rings. The molecule has 2 N–H and O–H groups in total. The number of anilines is 4. The first-order chi connectivity index (χ1) is 12.7. The SMILES string of the molecule is Clc1ccc(Nc2ccnc(Nc3ccc4c(c3)OCCO4)n2)c(Cl)c1. The summed E-state index contributed by atoms with van der Waals surface area (Å²) >= 11 is 12.1. The van der Waals surface area contributed by atoms with E-state index < -0.39 is 0 Å². The van der Waals surface area contributed by atoms with Gasteiger partial charge in [-0.15, -0.1) is 0 Å². The zero-order valence-corrected chi connectivity index (χ0v) is 15.0. The van der Waals surface area contributed by atoms with Crippen molar-refractivity contribution in [2.24, 2.45) is 0 Å². The lowest BCUT2D eigenvalue weighted by Crippen LogP contribution is -2.15. The molecule has 0 saturated carbocycles. The Bertz CT molecular complexity index is 952. The standard InChI is InChI=1S/C18H14Cl2N4O2/c19-11-1-3-14(13(20)9-11)23-17-5-6-21-18(24-17)22-12-2-4-15-16(10-12)26-8-7-25-15/h1-6,9-10H,7-8H2,(H2,21,22,23,24). The van der Waals surface area contributed by atoms with Crippen molar-refractivity contribution in [3.63, 3.8) is 0 Å². The third-order valence-corrected chi connectivity index (χ3v) is 4.20. The first-order valence-corrected chi connectivity index (χ1v) is 8.65.